The molecule has 0 spiro atoms. The van der Waals surface area contributed by atoms with Crippen LogP contribution in [-0.4, -0.2) is 333 Å². The van der Waals surface area contributed by atoms with Crippen LogP contribution in [0, 0.1) is 0 Å². The highest BCUT2D eigenvalue weighted by atomic mass is 16.8. The molecule has 30 atom stereocenters. The topological polar surface area (TPSA) is 573 Å². The molecule has 0 saturated carbocycles. The minimum Gasteiger partial charge on any atom is -0.547 e. The second kappa shape index (κ2) is 32.7. The average molecular weight is 1290 g/mol. The van der Waals surface area contributed by atoms with Gasteiger partial charge in [0, 0.05) is 40.8 Å². The number of Topliss-reactive ketones (excluding diaryl/α,β-unsaturated/α-hetero) is 1. The summed E-state index contributed by atoms with van der Waals surface area (Å²) in [5.74, 6) is -7.12. The molecule has 0 radical (unpaired) electrons. The van der Waals surface area contributed by atoms with Crippen LogP contribution in [0.4, 0.5) is 0 Å². The molecule has 15 unspecified atom stereocenters. The van der Waals surface area contributed by atoms with Crippen molar-refractivity contribution in [1.82, 2.24) is 26.6 Å². The molecule has 38 heteroatoms. The van der Waals surface area contributed by atoms with Gasteiger partial charge in [-0.05, 0) is 20.3 Å². The van der Waals surface area contributed by atoms with Gasteiger partial charge in [0.2, 0.25) is 17.7 Å². The lowest BCUT2D eigenvalue weighted by Gasteiger charge is -2.51. The minimum atomic E-state index is -2.61. The monoisotopic (exact) mass is 1290 g/mol. The number of carbonyl (C=O) groups excluding carboxylic acids is 8. The number of carboxylic acid groups (broad SMARTS) is 1. The zero-order valence-corrected chi connectivity index (χ0v) is 48.8. The number of aliphatic hydroxyl groups excluding tert-OH is 12. The van der Waals surface area contributed by atoms with E-state index in [9.17, 15) is 105 Å². The van der Waals surface area contributed by atoms with E-state index in [0.29, 0.717) is 0 Å². The molecule has 0 aromatic heterocycles. The van der Waals surface area contributed by atoms with Gasteiger partial charge in [0.1, 0.15) is 140 Å². The number of rotatable bonds is 26. The number of hydrogen-bond donors (Lipinski definition) is 17. The Balaban J connectivity index is 1.26. The van der Waals surface area contributed by atoms with E-state index in [4.69, 9.17) is 56.8 Å². The highest BCUT2D eigenvalue weighted by Crippen LogP contribution is 2.37. The summed E-state index contributed by atoms with van der Waals surface area (Å²) in [4.78, 5) is 101. The van der Waals surface area contributed by atoms with Crippen molar-refractivity contribution in [2.45, 2.75) is 231 Å². The Bertz CT molecular complexity index is 2400. The summed E-state index contributed by atoms with van der Waals surface area (Å²) in [6, 6.07) is -5.11. The predicted molar refractivity (Wildman–Crippen MR) is 278 cm³/mol. The first-order valence-electron chi connectivity index (χ1n) is 28.2. The summed E-state index contributed by atoms with van der Waals surface area (Å²) >= 11 is 0. The number of hydrogen-bond acceptors (Lipinski definition) is 33. The highest BCUT2D eigenvalue weighted by molar-refractivity contribution is 5.83. The van der Waals surface area contributed by atoms with Crippen LogP contribution in [0.2, 0.25) is 0 Å². The third-order valence-corrected chi connectivity index (χ3v) is 15.4. The number of methoxy groups -OCH3 is 1. The van der Waals surface area contributed by atoms with E-state index in [-0.39, 0.29) is 31.5 Å². The summed E-state index contributed by atoms with van der Waals surface area (Å²) in [6.07, 6.45) is -54.6. The molecule has 6 fully saturated rings. The Kier molecular flexibility index (Phi) is 26.9. The van der Waals surface area contributed by atoms with Gasteiger partial charge in [0.25, 0.3) is 11.8 Å². The fourth-order valence-electron chi connectivity index (χ4n) is 11.0. The van der Waals surface area contributed by atoms with Crippen LogP contribution < -0.4 is 31.7 Å². The minimum absolute atomic E-state index is 0.0491. The number of nitrogens with one attached hydrogen (secondary N) is 5. The molecule has 508 valence electrons. The second-order valence-electron chi connectivity index (χ2n) is 21.9. The number of amides is 5. The number of carbonyl (C=O) groups is 8. The first-order chi connectivity index (χ1) is 42.0. The molecule has 6 aliphatic heterocycles. The van der Waals surface area contributed by atoms with E-state index in [0.717, 1.165) is 27.9 Å². The maximum absolute atomic E-state index is 13.8. The van der Waals surface area contributed by atoms with Gasteiger partial charge in [0.05, 0.1) is 44.5 Å². The molecule has 6 rings (SSSR count). The van der Waals surface area contributed by atoms with Crippen molar-refractivity contribution in [3.63, 3.8) is 0 Å². The summed E-state index contributed by atoms with van der Waals surface area (Å²) in [7, 11) is 1.08. The molecule has 38 nitrogen and oxygen atoms in total. The summed E-state index contributed by atoms with van der Waals surface area (Å²) in [6.45, 7) is 2.02. The van der Waals surface area contributed by atoms with Gasteiger partial charge in [-0.1, -0.05) is 0 Å². The second-order valence-corrected chi connectivity index (χ2v) is 21.9. The van der Waals surface area contributed by atoms with E-state index < -0.39 is 246 Å². The quantitative estimate of drug-likeness (QED) is 0.0282. The van der Waals surface area contributed by atoms with Gasteiger partial charge in [-0.15, -0.1) is 0 Å². The molecule has 17 N–H and O–H groups in total. The normalized spacial score (nSPS) is 42.5. The highest BCUT2D eigenvalue weighted by Gasteiger charge is 2.59. The summed E-state index contributed by atoms with van der Waals surface area (Å²) < 4.78 is 69.3. The standard InChI is InChI=1S/C51H81N5O33/c1-15(61)8-7-9-52-44(74)41-38(78-6)29(68)32(71)49(87-41)83-36-25(56-19(5)64)48(81-22(14-60)27(36)66)86-40-31(70)34(73)51(89-43(40)46(76)77)84-37-24(55-18(4)63)47(80-21(13-59)28(37)67)85-39-30(69)33(72)50(88-42(39)45(75)53-10-11-57)82-35-23(54-17(3)62)16(2)79-20(12-58)26(35)65/h11,16,20-43,47-51,58-60,65-73H,7-10,12-14H2,1-6H3,(H,52,74)(H,53,75)(H,54,62)(H,55,63)(H,56,64)(H,76,77)/p-1/t16?,20?,21?,22?,23?,24?,25?,26-,27-,28-,29?,30?,31?,32+,33+,34+,35-,36-,37-,38+,39+,40+,41?,42?,43?,47?,48?,49-,50-,51-/m1/s1. The Hall–Kier alpha value is -4.80. The lowest BCUT2D eigenvalue weighted by Crippen LogP contribution is -2.72. The van der Waals surface area contributed by atoms with Crippen LogP contribution in [0.1, 0.15) is 47.5 Å². The third kappa shape index (κ3) is 17.3. The molecule has 6 aliphatic rings. The van der Waals surface area contributed by atoms with Crippen LogP contribution in [0.25, 0.3) is 0 Å². The van der Waals surface area contributed by atoms with E-state index in [2.05, 4.69) is 26.6 Å². The molecular weight excluding hydrogens is 1210 g/mol. The van der Waals surface area contributed by atoms with Gasteiger partial charge < -0.3 is 164 Å². The number of ether oxygens (including phenoxy) is 12. The zero-order valence-electron chi connectivity index (χ0n) is 48.8. The zero-order chi connectivity index (χ0) is 66.0. The molecule has 0 aromatic carbocycles. The van der Waals surface area contributed by atoms with Crippen molar-refractivity contribution in [3.05, 3.63) is 0 Å². The Labute approximate surface area is 506 Å². The maximum Gasteiger partial charge on any atom is 0.252 e. The molecule has 0 aliphatic carbocycles. The smallest absolute Gasteiger partial charge is 0.252 e. The summed E-state index contributed by atoms with van der Waals surface area (Å²) in [5.41, 5.74) is 0. The van der Waals surface area contributed by atoms with Crippen LogP contribution in [0.3, 0.4) is 0 Å². The van der Waals surface area contributed by atoms with E-state index >= 15 is 0 Å². The number of carboxylic acids is 1. The summed E-state index contributed by atoms with van der Waals surface area (Å²) in [5, 5.41) is 159. The van der Waals surface area contributed by atoms with Crippen LogP contribution >= 0.6 is 0 Å². The lowest BCUT2D eigenvalue weighted by molar-refractivity contribution is -0.387. The van der Waals surface area contributed by atoms with Gasteiger partial charge >= 0.3 is 0 Å². The average Bonchev–Trinajstić information content (AvgIpc) is 0.967. The van der Waals surface area contributed by atoms with Gasteiger partial charge in [-0.2, -0.15) is 0 Å². The predicted octanol–water partition coefficient (Wildman–Crippen LogP) is -13.4. The van der Waals surface area contributed by atoms with Crippen LogP contribution in [-0.2, 0) is 95.2 Å². The van der Waals surface area contributed by atoms with Gasteiger partial charge in [-0.25, -0.2) is 0 Å². The van der Waals surface area contributed by atoms with Gasteiger partial charge in [0.15, 0.2) is 43.7 Å². The molecule has 89 heavy (non-hydrogen) atoms. The molecule has 0 bridgehead atoms. The molecule has 6 heterocycles. The Morgan fingerprint density at radius 1 is 0.461 bits per heavy atom. The fourth-order valence-corrected chi connectivity index (χ4v) is 11.0. The van der Waals surface area contributed by atoms with Crippen molar-refractivity contribution in [1.29, 1.82) is 0 Å². The number of ketones is 1. The molecule has 6 saturated heterocycles. The number of aliphatic hydroxyl groups is 12. The molecule has 0 aromatic rings. The van der Waals surface area contributed by atoms with Crippen molar-refractivity contribution >= 4 is 47.6 Å². The molecule has 5 amide bonds. The first-order valence-corrected chi connectivity index (χ1v) is 28.2. The van der Waals surface area contributed by atoms with Crippen LogP contribution in [0.5, 0.6) is 0 Å². The van der Waals surface area contributed by atoms with Crippen molar-refractivity contribution in [2.75, 3.05) is 40.0 Å². The third-order valence-electron chi connectivity index (χ3n) is 15.4. The van der Waals surface area contributed by atoms with Crippen molar-refractivity contribution in [3.8, 4) is 0 Å². The van der Waals surface area contributed by atoms with E-state index in [1.165, 1.54) is 13.8 Å². The van der Waals surface area contributed by atoms with Crippen molar-refractivity contribution in [2.24, 2.45) is 0 Å². The van der Waals surface area contributed by atoms with Crippen LogP contribution in [0.15, 0.2) is 0 Å². The van der Waals surface area contributed by atoms with E-state index in [1.807, 2.05) is 0 Å². The Morgan fingerprint density at radius 3 is 1.21 bits per heavy atom. The Morgan fingerprint density at radius 2 is 0.820 bits per heavy atom. The SMILES string of the molecule is CO[C@@H]1C(C(=O)NCCCC(C)=O)O[C@@H](O[C@@H]2C(NC(C)=O)C(O[C@@H]3C(C(=O)[O-])O[C@@H](O[C@@H]4C(NC(C)=O)C(O[C@@H]5C(C(=O)NCC=O)O[C@@H](O[C@@H]6C(NC(C)=O)C(C)OC(CO)[C@H]6O)[C@@H](O)C5O)OC(CO)[C@H]4O)[C@@H](O)C3O)OC(CO)[C@H]2O)[C@@H](O)C1O. The van der Waals surface area contributed by atoms with Gasteiger partial charge in [-0.3, -0.25) is 24.0 Å². The van der Waals surface area contributed by atoms with Crippen molar-refractivity contribution < 1.29 is 162 Å². The molecular formula is C51H80N5O33-. The number of aldehydes is 1. The lowest BCUT2D eigenvalue weighted by atomic mass is 9.92. The number of aliphatic carboxylic acids is 1. The maximum atomic E-state index is 13.8. The largest absolute Gasteiger partial charge is 0.547 e. The van der Waals surface area contributed by atoms with E-state index in [1.54, 1.807) is 0 Å². The first kappa shape index (κ1) is 73.3. The fraction of sp³-hybridized carbons (Fsp3) is 0.843.